The van der Waals surface area contributed by atoms with E-state index in [0.717, 1.165) is 23.6 Å². The van der Waals surface area contributed by atoms with Gasteiger partial charge in [-0.25, -0.2) is 0 Å². The second-order valence-electron chi connectivity index (χ2n) is 7.30. The number of aryl methyl sites for hydroxylation is 1. The fourth-order valence-electron chi connectivity index (χ4n) is 3.03. The molecule has 0 unspecified atom stereocenters. The summed E-state index contributed by atoms with van der Waals surface area (Å²) in [4.78, 5) is 25.1. The lowest BCUT2D eigenvalue weighted by atomic mass is 10.1. The second kappa shape index (κ2) is 9.13. The molecule has 0 atom stereocenters. The van der Waals surface area contributed by atoms with E-state index in [-0.39, 0.29) is 17.6 Å². The number of rotatable bonds is 8. The number of hydrogen-bond donors (Lipinski definition) is 2. The number of anilines is 1. The van der Waals surface area contributed by atoms with Crippen molar-refractivity contribution in [1.82, 2.24) is 20.1 Å². The zero-order chi connectivity index (χ0) is 20.9. The van der Waals surface area contributed by atoms with Crippen LogP contribution in [-0.2, 0) is 11.3 Å². The zero-order valence-corrected chi connectivity index (χ0v) is 17.5. The molecule has 2 amide bonds. The highest BCUT2D eigenvalue weighted by Crippen LogP contribution is 2.37. The average Bonchev–Trinajstić information content (AvgIpc) is 3.49. The summed E-state index contributed by atoms with van der Waals surface area (Å²) >= 11 is 1.35. The highest BCUT2D eigenvalue weighted by atomic mass is 32.2. The van der Waals surface area contributed by atoms with E-state index in [1.807, 2.05) is 35.8 Å². The molecule has 1 aromatic heterocycles. The minimum Gasteiger partial charge on any atom is -0.348 e. The van der Waals surface area contributed by atoms with Crippen LogP contribution in [0, 0.1) is 6.92 Å². The number of nitrogens with one attached hydrogen (secondary N) is 2. The van der Waals surface area contributed by atoms with E-state index < -0.39 is 0 Å². The van der Waals surface area contributed by atoms with Gasteiger partial charge in [0.05, 0.1) is 17.0 Å². The molecule has 2 aromatic carbocycles. The lowest BCUT2D eigenvalue weighted by Crippen LogP contribution is -2.25. The number of para-hydroxylation sites is 1. The molecule has 0 radical (unpaired) electrons. The molecule has 0 aliphatic heterocycles. The van der Waals surface area contributed by atoms with Crippen molar-refractivity contribution in [3.05, 3.63) is 71.5 Å². The molecule has 2 N–H and O–H groups in total. The third kappa shape index (κ3) is 5.07. The van der Waals surface area contributed by atoms with Crippen LogP contribution in [0.1, 0.15) is 40.4 Å². The molecule has 3 aromatic rings. The number of carbonyl (C=O) groups excluding carboxylic acids is 2. The molecule has 0 saturated heterocycles. The monoisotopic (exact) mass is 421 g/mol. The topological polar surface area (TPSA) is 88.9 Å². The summed E-state index contributed by atoms with van der Waals surface area (Å²) in [6.45, 7) is 2.45. The molecule has 0 bridgehead atoms. The smallest absolute Gasteiger partial charge is 0.253 e. The fourth-order valence-corrected chi connectivity index (χ4v) is 3.81. The van der Waals surface area contributed by atoms with Crippen LogP contribution in [0.2, 0.25) is 0 Å². The first kappa shape index (κ1) is 20.2. The number of hydrogen-bond acceptors (Lipinski definition) is 5. The first-order chi connectivity index (χ1) is 14.6. The standard InChI is InChI=1S/C22H23N5O2S/c1-15-6-8-16(9-7-15)12-23-21(29)18-4-2-3-5-19(18)25-20(28)13-30-22-26-24-14-27(22)17-10-11-17/h2-9,14,17H,10-13H2,1H3,(H,23,29)(H,25,28). The van der Waals surface area contributed by atoms with E-state index in [1.165, 1.54) is 17.3 Å². The molecule has 30 heavy (non-hydrogen) atoms. The molecule has 4 rings (SSSR count). The number of carbonyl (C=O) groups is 2. The van der Waals surface area contributed by atoms with Crippen LogP contribution in [0.4, 0.5) is 5.69 Å². The van der Waals surface area contributed by atoms with Gasteiger partial charge in [0.25, 0.3) is 5.91 Å². The molecular weight excluding hydrogens is 398 g/mol. The zero-order valence-electron chi connectivity index (χ0n) is 16.7. The maximum absolute atomic E-state index is 12.7. The van der Waals surface area contributed by atoms with E-state index in [1.54, 1.807) is 30.6 Å². The van der Waals surface area contributed by atoms with Crippen molar-refractivity contribution in [3.8, 4) is 0 Å². The Hall–Kier alpha value is -3.13. The van der Waals surface area contributed by atoms with Crippen molar-refractivity contribution >= 4 is 29.3 Å². The maximum Gasteiger partial charge on any atom is 0.253 e. The summed E-state index contributed by atoms with van der Waals surface area (Å²) in [6.07, 6.45) is 3.97. The SMILES string of the molecule is Cc1ccc(CNC(=O)c2ccccc2NC(=O)CSc2nncn2C2CC2)cc1. The Bertz CT molecular complexity index is 1040. The first-order valence-corrected chi connectivity index (χ1v) is 10.8. The Balaban J connectivity index is 1.34. The highest BCUT2D eigenvalue weighted by molar-refractivity contribution is 7.99. The largest absolute Gasteiger partial charge is 0.348 e. The van der Waals surface area contributed by atoms with Crippen molar-refractivity contribution in [3.63, 3.8) is 0 Å². The van der Waals surface area contributed by atoms with Crippen LogP contribution >= 0.6 is 11.8 Å². The van der Waals surface area contributed by atoms with Crippen LogP contribution in [0.3, 0.4) is 0 Å². The fraction of sp³-hybridized carbons (Fsp3) is 0.273. The summed E-state index contributed by atoms with van der Waals surface area (Å²) in [5.74, 6) is -0.221. The van der Waals surface area contributed by atoms with Crippen LogP contribution < -0.4 is 10.6 Å². The van der Waals surface area contributed by atoms with Gasteiger partial charge in [-0.15, -0.1) is 10.2 Å². The van der Waals surface area contributed by atoms with Gasteiger partial charge < -0.3 is 15.2 Å². The molecule has 8 heteroatoms. The van der Waals surface area contributed by atoms with E-state index in [9.17, 15) is 9.59 Å². The van der Waals surface area contributed by atoms with Gasteiger partial charge in [0.2, 0.25) is 5.91 Å². The Morgan fingerprint density at radius 1 is 1.13 bits per heavy atom. The van der Waals surface area contributed by atoms with E-state index >= 15 is 0 Å². The highest BCUT2D eigenvalue weighted by Gasteiger charge is 2.26. The van der Waals surface area contributed by atoms with Crippen molar-refractivity contribution in [2.75, 3.05) is 11.1 Å². The second-order valence-corrected chi connectivity index (χ2v) is 8.25. The number of thioether (sulfide) groups is 1. The van der Waals surface area contributed by atoms with Crippen molar-refractivity contribution in [1.29, 1.82) is 0 Å². The van der Waals surface area contributed by atoms with Gasteiger partial charge in [-0.3, -0.25) is 9.59 Å². The minimum absolute atomic E-state index is 0.191. The van der Waals surface area contributed by atoms with Gasteiger partial charge in [-0.05, 0) is 37.5 Å². The summed E-state index contributed by atoms with van der Waals surface area (Å²) < 4.78 is 2.02. The van der Waals surface area contributed by atoms with Crippen LogP contribution in [-0.4, -0.2) is 32.3 Å². The average molecular weight is 422 g/mol. The van der Waals surface area contributed by atoms with Gasteiger partial charge in [0, 0.05) is 12.6 Å². The van der Waals surface area contributed by atoms with Crippen molar-refractivity contribution in [2.45, 2.75) is 37.5 Å². The molecule has 1 fully saturated rings. The van der Waals surface area contributed by atoms with Gasteiger partial charge in [-0.2, -0.15) is 0 Å². The normalized spacial score (nSPS) is 13.1. The summed E-state index contributed by atoms with van der Waals surface area (Å²) in [5.41, 5.74) is 3.12. The number of nitrogens with zero attached hydrogens (tertiary/aromatic N) is 3. The predicted octanol–water partition coefficient (Wildman–Crippen LogP) is 3.58. The Morgan fingerprint density at radius 2 is 1.90 bits per heavy atom. The first-order valence-electron chi connectivity index (χ1n) is 9.85. The molecule has 1 saturated carbocycles. The number of aromatic nitrogens is 3. The maximum atomic E-state index is 12.7. The minimum atomic E-state index is -0.229. The lowest BCUT2D eigenvalue weighted by Gasteiger charge is -2.12. The lowest BCUT2D eigenvalue weighted by molar-refractivity contribution is -0.113. The van der Waals surface area contributed by atoms with Gasteiger partial charge in [-0.1, -0.05) is 53.7 Å². The molecule has 7 nitrogen and oxygen atoms in total. The summed E-state index contributed by atoms with van der Waals surface area (Å²) in [5, 5.41) is 14.5. The Labute approximate surface area is 179 Å². The quantitative estimate of drug-likeness (QED) is 0.543. The van der Waals surface area contributed by atoms with E-state index in [4.69, 9.17) is 0 Å². The Morgan fingerprint density at radius 3 is 2.67 bits per heavy atom. The molecule has 154 valence electrons. The third-order valence-electron chi connectivity index (χ3n) is 4.83. The van der Waals surface area contributed by atoms with Crippen LogP contribution in [0.15, 0.2) is 60.0 Å². The van der Waals surface area contributed by atoms with Gasteiger partial charge >= 0.3 is 0 Å². The third-order valence-corrected chi connectivity index (χ3v) is 5.79. The predicted molar refractivity (Wildman–Crippen MR) is 116 cm³/mol. The molecule has 1 aliphatic rings. The number of amides is 2. The number of benzene rings is 2. The van der Waals surface area contributed by atoms with Crippen LogP contribution in [0.5, 0.6) is 0 Å². The van der Waals surface area contributed by atoms with Crippen molar-refractivity contribution < 1.29 is 9.59 Å². The van der Waals surface area contributed by atoms with Gasteiger partial charge in [0.15, 0.2) is 5.16 Å². The summed E-state index contributed by atoms with van der Waals surface area (Å²) in [7, 11) is 0. The molecular formula is C22H23N5O2S. The molecule has 1 aliphatic carbocycles. The van der Waals surface area contributed by atoms with Crippen molar-refractivity contribution in [2.24, 2.45) is 0 Å². The van der Waals surface area contributed by atoms with Crippen LogP contribution in [0.25, 0.3) is 0 Å². The van der Waals surface area contributed by atoms with E-state index in [0.29, 0.717) is 23.8 Å². The molecule has 1 heterocycles. The Kier molecular flexibility index (Phi) is 6.13. The van der Waals surface area contributed by atoms with Gasteiger partial charge in [0.1, 0.15) is 6.33 Å². The van der Waals surface area contributed by atoms with E-state index in [2.05, 4.69) is 20.8 Å². The summed E-state index contributed by atoms with van der Waals surface area (Å²) in [6, 6.07) is 15.5. The molecule has 0 spiro atoms.